The fourth-order valence-electron chi connectivity index (χ4n) is 2.31. The highest BCUT2D eigenvalue weighted by Gasteiger charge is 2.15. The van der Waals surface area contributed by atoms with Crippen molar-refractivity contribution >= 4 is 15.8 Å². The summed E-state index contributed by atoms with van der Waals surface area (Å²) in [5, 5.41) is 2.83. The van der Waals surface area contributed by atoms with Gasteiger partial charge in [0, 0.05) is 25.9 Å². The van der Waals surface area contributed by atoms with Gasteiger partial charge >= 0.3 is 0 Å². The molecule has 20 heavy (non-hydrogen) atoms. The van der Waals surface area contributed by atoms with E-state index >= 15 is 0 Å². The summed E-state index contributed by atoms with van der Waals surface area (Å²) < 4.78 is 26.9. The molecule has 7 heteroatoms. The van der Waals surface area contributed by atoms with Gasteiger partial charge in [0.15, 0.2) is 0 Å². The summed E-state index contributed by atoms with van der Waals surface area (Å²) >= 11 is 0. The van der Waals surface area contributed by atoms with Gasteiger partial charge in [0.2, 0.25) is 10.0 Å². The first kappa shape index (κ1) is 15.2. The second kappa shape index (κ2) is 7.01. The molecule has 112 valence electrons. The third kappa shape index (κ3) is 4.16. The minimum Gasteiger partial charge on any atom is -0.373 e. The maximum atomic E-state index is 12.1. The van der Waals surface area contributed by atoms with Crippen LogP contribution in [0.1, 0.15) is 19.3 Å². The van der Waals surface area contributed by atoms with Crippen LogP contribution in [0.15, 0.2) is 23.2 Å². The van der Waals surface area contributed by atoms with Gasteiger partial charge in [-0.1, -0.05) is 0 Å². The Morgan fingerprint density at radius 3 is 2.80 bits per heavy atom. The highest BCUT2D eigenvalue weighted by atomic mass is 32.2. The van der Waals surface area contributed by atoms with Crippen molar-refractivity contribution < 1.29 is 8.42 Å². The van der Waals surface area contributed by atoms with Crippen molar-refractivity contribution in [2.24, 2.45) is 0 Å². The average molecular weight is 298 g/mol. The van der Waals surface area contributed by atoms with Gasteiger partial charge in [0.1, 0.15) is 5.82 Å². The zero-order valence-corrected chi connectivity index (χ0v) is 12.6. The van der Waals surface area contributed by atoms with E-state index in [1.807, 2.05) is 0 Å². The number of aromatic nitrogens is 1. The summed E-state index contributed by atoms with van der Waals surface area (Å²) in [6.07, 6.45) is 4.85. The Morgan fingerprint density at radius 1 is 1.35 bits per heavy atom. The van der Waals surface area contributed by atoms with Crippen molar-refractivity contribution in [2.75, 3.05) is 38.5 Å². The summed E-state index contributed by atoms with van der Waals surface area (Å²) in [7, 11) is -1.73. The van der Waals surface area contributed by atoms with E-state index in [4.69, 9.17) is 0 Å². The van der Waals surface area contributed by atoms with Crippen molar-refractivity contribution in [3.63, 3.8) is 0 Å². The minimum atomic E-state index is -3.44. The second-order valence-corrected chi connectivity index (χ2v) is 6.69. The van der Waals surface area contributed by atoms with Gasteiger partial charge in [-0.25, -0.2) is 18.1 Å². The SMILES string of the molecule is CNc1cc(S(=O)(=O)NCCCN2CCCC2)ccn1. The average Bonchev–Trinajstić information content (AvgIpc) is 2.97. The van der Waals surface area contributed by atoms with Crippen molar-refractivity contribution in [2.45, 2.75) is 24.2 Å². The predicted molar refractivity (Wildman–Crippen MR) is 79.3 cm³/mol. The second-order valence-electron chi connectivity index (χ2n) is 4.93. The molecule has 1 saturated heterocycles. The fourth-order valence-corrected chi connectivity index (χ4v) is 3.40. The Balaban J connectivity index is 1.83. The lowest BCUT2D eigenvalue weighted by atomic mass is 10.4. The molecule has 0 unspecified atom stereocenters. The minimum absolute atomic E-state index is 0.248. The molecule has 0 radical (unpaired) electrons. The maximum absolute atomic E-state index is 12.1. The predicted octanol–water partition coefficient (Wildman–Crippen LogP) is 0.887. The summed E-state index contributed by atoms with van der Waals surface area (Å²) in [6, 6.07) is 3.03. The zero-order chi connectivity index (χ0) is 14.4. The molecule has 1 aliphatic rings. The molecule has 0 saturated carbocycles. The first-order chi connectivity index (χ1) is 9.62. The molecule has 0 aromatic carbocycles. The van der Waals surface area contributed by atoms with Crippen molar-refractivity contribution in [3.8, 4) is 0 Å². The van der Waals surface area contributed by atoms with E-state index in [2.05, 4.69) is 19.9 Å². The lowest BCUT2D eigenvalue weighted by Crippen LogP contribution is -2.28. The number of hydrogen-bond acceptors (Lipinski definition) is 5. The van der Waals surface area contributed by atoms with Gasteiger partial charge < -0.3 is 10.2 Å². The van der Waals surface area contributed by atoms with Crippen LogP contribution in [-0.2, 0) is 10.0 Å². The van der Waals surface area contributed by atoms with Crippen LogP contribution in [0.5, 0.6) is 0 Å². The molecular formula is C13H22N4O2S. The van der Waals surface area contributed by atoms with Crippen molar-refractivity contribution in [1.82, 2.24) is 14.6 Å². The number of anilines is 1. The van der Waals surface area contributed by atoms with E-state index in [0.29, 0.717) is 12.4 Å². The monoisotopic (exact) mass is 298 g/mol. The third-order valence-corrected chi connectivity index (χ3v) is 4.90. The largest absolute Gasteiger partial charge is 0.373 e. The van der Waals surface area contributed by atoms with E-state index in [1.165, 1.54) is 31.2 Å². The van der Waals surface area contributed by atoms with Gasteiger partial charge in [-0.2, -0.15) is 0 Å². The van der Waals surface area contributed by atoms with E-state index < -0.39 is 10.0 Å². The van der Waals surface area contributed by atoms with Crippen LogP contribution >= 0.6 is 0 Å². The van der Waals surface area contributed by atoms with E-state index in [0.717, 1.165) is 26.1 Å². The molecule has 0 bridgehead atoms. The van der Waals surface area contributed by atoms with Crippen LogP contribution in [0.2, 0.25) is 0 Å². The number of hydrogen-bond donors (Lipinski definition) is 2. The smallest absolute Gasteiger partial charge is 0.240 e. The third-order valence-electron chi connectivity index (χ3n) is 3.44. The molecule has 2 heterocycles. The molecule has 1 aromatic rings. The zero-order valence-electron chi connectivity index (χ0n) is 11.8. The van der Waals surface area contributed by atoms with E-state index in [1.54, 1.807) is 7.05 Å². The number of pyridine rings is 1. The first-order valence-corrected chi connectivity index (χ1v) is 8.46. The Morgan fingerprint density at radius 2 is 2.10 bits per heavy atom. The lowest BCUT2D eigenvalue weighted by molar-refractivity contribution is 0.334. The summed E-state index contributed by atoms with van der Waals surface area (Å²) in [6.45, 7) is 3.71. The van der Waals surface area contributed by atoms with E-state index in [9.17, 15) is 8.42 Å². The van der Waals surface area contributed by atoms with Crippen LogP contribution in [0.3, 0.4) is 0 Å². The molecule has 0 atom stereocenters. The molecule has 6 nitrogen and oxygen atoms in total. The van der Waals surface area contributed by atoms with Crippen LogP contribution in [0, 0.1) is 0 Å². The summed E-state index contributed by atoms with van der Waals surface area (Å²) in [5.74, 6) is 0.546. The van der Waals surface area contributed by atoms with Crippen LogP contribution in [0.25, 0.3) is 0 Å². The highest BCUT2D eigenvalue weighted by Crippen LogP contribution is 2.12. The molecule has 0 aliphatic carbocycles. The maximum Gasteiger partial charge on any atom is 0.240 e. The number of rotatable bonds is 7. The Kier molecular flexibility index (Phi) is 5.33. The molecule has 1 aromatic heterocycles. The van der Waals surface area contributed by atoms with E-state index in [-0.39, 0.29) is 4.90 Å². The van der Waals surface area contributed by atoms with Gasteiger partial charge in [-0.05, 0) is 45.0 Å². The number of nitrogens with zero attached hydrogens (tertiary/aromatic N) is 2. The van der Waals surface area contributed by atoms with Crippen molar-refractivity contribution in [1.29, 1.82) is 0 Å². The first-order valence-electron chi connectivity index (χ1n) is 6.97. The molecule has 0 amide bonds. The van der Waals surface area contributed by atoms with Gasteiger partial charge in [0.25, 0.3) is 0 Å². The van der Waals surface area contributed by atoms with Crippen LogP contribution in [0.4, 0.5) is 5.82 Å². The molecule has 1 fully saturated rings. The molecule has 0 spiro atoms. The van der Waals surface area contributed by atoms with Crippen LogP contribution in [-0.4, -0.2) is 51.5 Å². The molecule has 2 N–H and O–H groups in total. The van der Waals surface area contributed by atoms with Crippen LogP contribution < -0.4 is 10.0 Å². The van der Waals surface area contributed by atoms with Crippen molar-refractivity contribution in [3.05, 3.63) is 18.3 Å². The molecule has 2 rings (SSSR count). The quantitative estimate of drug-likeness (QED) is 0.731. The molecule has 1 aliphatic heterocycles. The number of likely N-dealkylation sites (tertiary alicyclic amines) is 1. The summed E-state index contributed by atoms with van der Waals surface area (Å²) in [5.41, 5.74) is 0. The lowest BCUT2D eigenvalue weighted by Gasteiger charge is -2.14. The number of sulfonamides is 1. The standard InChI is InChI=1S/C13H22N4O2S/c1-14-13-11-12(5-7-15-13)20(18,19)16-6-4-10-17-8-2-3-9-17/h5,7,11,16H,2-4,6,8-10H2,1H3,(H,14,15). The topological polar surface area (TPSA) is 74.3 Å². The summed E-state index contributed by atoms with van der Waals surface area (Å²) in [4.78, 5) is 6.63. The Labute approximate surface area is 120 Å². The van der Waals surface area contributed by atoms with Gasteiger partial charge in [0.05, 0.1) is 4.90 Å². The molecular weight excluding hydrogens is 276 g/mol. The fraction of sp³-hybridized carbons (Fsp3) is 0.615. The Bertz CT molecular complexity index is 527. The highest BCUT2D eigenvalue weighted by molar-refractivity contribution is 7.89. The number of nitrogens with one attached hydrogen (secondary N) is 2. The van der Waals surface area contributed by atoms with Gasteiger partial charge in [-0.3, -0.25) is 0 Å². The Hall–Kier alpha value is -1.18. The van der Waals surface area contributed by atoms with Gasteiger partial charge in [-0.15, -0.1) is 0 Å². The normalized spacial score (nSPS) is 16.4.